The molecule has 0 atom stereocenters. The third kappa shape index (κ3) is 10.8. The molecule has 0 unspecified atom stereocenters. The number of ether oxygens (including phenoxy) is 1. The molecule has 0 aromatic heterocycles. The van der Waals surface area contributed by atoms with E-state index >= 15 is 0 Å². The van der Waals surface area contributed by atoms with Crippen LogP contribution < -0.4 is 10.1 Å². The van der Waals surface area contributed by atoms with E-state index in [2.05, 4.69) is 5.32 Å². The van der Waals surface area contributed by atoms with E-state index < -0.39 is 17.1 Å². The van der Waals surface area contributed by atoms with Crippen molar-refractivity contribution in [3.63, 3.8) is 0 Å². The number of esters is 1. The number of hydrogen-bond donors (Lipinski definition) is 2. The van der Waals surface area contributed by atoms with Crippen molar-refractivity contribution in [1.29, 1.82) is 0 Å². The highest BCUT2D eigenvalue weighted by Crippen LogP contribution is 2.30. The van der Waals surface area contributed by atoms with E-state index in [1.165, 1.54) is 11.1 Å². The van der Waals surface area contributed by atoms with Crippen LogP contribution in [-0.2, 0) is 27.2 Å². The fourth-order valence-corrected chi connectivity index (χ4v) is 4.52. The second-order valence-corrected chi connectivity index (χ2v) is 10.0. The molecule has 0 saturated carbocycles. The number of carbonyl (C=O) groups is 4. The Labute approximate surface area is 236 Å². The largest absolute Gasteiger partial charge is 0.481 e. The van der Waals surface area contributed by atoms with Crippen molar-refractivity contribution < 1.29 is 29.0 Å². The van der Waals surface area contributed by atoms with Crippen molar-refractivity contribution >= 4 is 52.5 Å². The minimum absolute atomic E-state index is 0.259. The summed E-state index contributed by atoms with van der Waals surface area (Å²) in [6.07, 6.45) is 5.17. The third-order valence-corrected chi connectivity index (χ3v) is 6.61. The number of carbonyl (C=O) groups excluding carboxylic acids is 3. The summed E-state index contributed by atoms with van der Waals surface area (Å²) in [5, 5.41) is 10.4. The standard InChI is InChI=1S/C20H16ClNO4S.C10H12O2/c21-15-11-14(12-17-19(24)22-20(25)27-17)9-10-16(15)26-18(23)8-4-7-13-5-2-1-3-6-13;11-10(12)8-4-7-9-5-2-1-3-6-9/h1-3,5-6,9-12H,4,7-8H2,(H,22,24,25);1-3,5-6H,4,7-8H2,(H,11,12)/b17-12-;. The number of carboxylic acid groups (broad SMARTS) is 1. The van der Waals surface area contributed by atoms with E-state index in [-0.39, 0.29) is 29.6 Å². The molecule has 1 saturated heterocycles. The van der Waals surface area contributed by atoms with E-state index in [0.29, 0.717) is 16.9 Å². The second kappa shape index (κ2) is 15.5. The van der Waals surface area contributed by atoms with Gasteiger partial charge in [-0.3, -0.25) is 24.5 Å². The molecule has 0 spiro atoms. The van der Waals surface area contributed by atoms with Gasteiger partial charge >= 0.3 is 11.9 Å². The molecule has 202 valence electrons. The molecular weight excluding hydrogens is 538 g/mol. The Kier molecular flexibility index (Phi) is 11.8. The van der Waals surface area contributed by atoms with Crippen LogP contribution in [-0.4, -0.2) is 28.2 Å². The first kappa shape index (κ1) is 29.7. The Morgan fingerprint density at radius 2 is 1.46 bits per heavy atom. The molecule has 7 nitrogen and oxygen atoms in total. The number of imide groups is 1. The van der Waals surface area contributed by atoms with E-state index in [4.69, 9.17) is 21.4 Å². The van der Waals surface area contributed by atoms with E-state index in [1.54, 1.807) is 24.3 Å². The number of thioether (sulfide) groups is 1. The van der Waals surface area contributed by atoms with Gasteiger partial charge < -0.3 is 9.84 Å². The molecule has 1 heterocycles. The predicted molar refractivity (Wildman–Crippen MR) is 153 cm³/mol. The molecule has 1 aliphatic rings. The third-order valence-electron chi connectivity index (χ3n) is 5.51. The summed E-state index contributed by atoms with van der Waals surface area (Å²) in [5.41, 5.74) is 3.02. The zero-order chi connectivity index (χ0) is 28.0. The number of carboxylic acids is 1. The summed E-state index contributed by atoms with van der Waals surface area (Å²) in [5.74, 6) is -1.24. The van der Waals surface area contributed by atoms with Crippen LogP contribution in [0.3, 0.4) is 0 Å². The molecule has 9 heteroatoms. The molecule has 0 bridgehead atoms. The van der Waals surface area contributed by atoms with Gasteiger partial charge in [-0.15, -0.1) is 0 Å². The molecule has 4 rings (SSSR count). The van der Waals surface area contributed by atoms with Crippen molar-refractivity contribution in [1.82, 2.24) is 5.32 Å². The maximum Gasteiger partial charge on any atom is 0.311 e. The summed E-state index contributed by atoms with van der Waals surface area (Å²) in [6, 6.07) is 24.7. The maximum atomic E-state index is 12.0. The summed E-state index contributed by atoms with van der Waals surface area (Å²) in [7, 11) is 0. The zero-order valence-electron chi connectivity index (χ0n) is 21.1. The summed E-state index contributed by atoms with van der Waals surface area (Å²) < 4.78 is 5.32. The van der Waals surface area contributed by atoms with Crippen molar-refractivity contribution in [2.24, 2.45) is 0 Å². The van der Waals surface area contributed by atoms with Gasteiger partial charge in [0.25, 0.3) is 11.1 Å². The minimum Gasteiger partial charge on any atom is -0.481 e. The van der Waals surface area contributed by atoms with Gasteiger partial charge in [-0.1, -0.05) is 78.3 Å². The highest BCUT2D eigenvalue weighted by Gasteiger charge is 2.25. The molecule has 3 aromatic carbocycles. The summed E-state index contributed by atoms with van der Waals surface area (Å²) in [4.78, 5) is 45.2. The minimum atomic E-state index is -0.717. The molecule has 2 N–H and O–H groups in total. The lowest BCUT2D eigenvalue weighted by Crippen LogP contribution is -2.17. The van der Waals surface area contributed by atoms with Gasteiger partial charge in [-0.2, -0.15) is 0 Å². The normalized spacial score (nSPS) is 13.4. The van der Waals surface area contributed by atoms with Gasteiger partial charge in [0, 0.05) is 12.8 Å². The highest BCUT2D eigenvalue weighted by molar-refractivity contribution is 8.18. The number of nitrogens with one attached hydrogen (secondary N) is 1. The summed E-state index contributed by atoms with van der Waals surface area (Å²) >= 11 is 7.00. The number of rotatable bonds is 10. The van der Waals surface area contributed by atoms with Crippen LogP contribution in [0.25, 0.3) is 6.08 Å². The number of aliphatic carboxylic acids is 1. The number of hydrogen-bond acceptors (Lipinski definition) is 6. The number of benzene rings is 3. The van der Waals surface area contributed by atoms with Gasteiger partial charge in [0.05, 0.1) is 9.93 Å². The van der Waals surface area contributed by atoms with Crippen LogP contribution in [0, 0.1) is 0 Å². The quantitative estimate of drug-likeness (QED) is 0.160. The number of halogens is 1. The molecule has 2 amide bonds. The lowest BCUT2D eigenvalue weighted by atomic mass is 10.1. The zero-order valence-corrected chi connectivity index (χ0v) is 22.7. The van der Waals surface area contributed by atoms with Gasteiger partial charge in [0.1, 0.15) is 5.75 Å². The lowest BCUT2D eigenvalue weighted by Gasteiger charge is -2.07. The first-order valence-electron chi connectivity index (χ1n) is 12.3. The molecule has 0 radical (unpaired) electrons. The van der Waals surface area contributed by atoms with Crippen molar-refractivity contribution in [3.8, 4) is 5.75 Å². The Bertz CT molecular complexity index is 1330. The Morgan fingerprint density at radius 1 is 0.872 bits per heavy atom. The van der Waals surface area contributed by atoms with Crippen molar-refractivity contribution in [3.05, 3.63) is 105 Å². The number of amides is 2. The Morgan fingerprint density at radius 3 is 1.97 bits per heavy atom. The first-order chi connectivity index (χ1) is 18.8. The smallest absolute Gasteiger partial charge is 0.311 e. The van der Waals surface area contributed by atoms with Gasteiger partial charge in [0.15, 0.2) is 0 Å². The summed E-state index contributed by atoms with van der Waals surface area (Å²) in [6.45, 7) is 0. The van der Waals surface area contributed by atoms with Gasteiger partial charge in [-0.05, 0) is 72.3 Å². The van der Waals surface area contributed by atoms with Gasteiger partial charge in [0.2, 0.25) is 0 Å². The van der Waals surface area contributed by atoms with Crippen molar-refractivity contribution in [2.45, 2.75) is 38.5 Å². The highest BCUT2D eigenvalue weighted by atomic mass is 35.5. The molecule has 0 aliphatic carbocycles. The SMILES string of the molecule is O=C(CCCc1ccccc1)Oc1ccc(/C=C2\SC(=O)NC2=O)cc1Cl.O=C(O)CCCc1ccccc1. The van der Waals surface area contributed by atoms with Crippen LogP contribution in [0.2, 0.25) is 5.02 Å². The molecule has 1 fully saturated rings. The lowest BCUT2D eigenvalue weighted by molar-refractivity contribution is -0.137. The molecular formula is C30H28ClNO6S. The van der Waals surface area contributed by atoms with E-state index in [0.717, 1.165) is 31.0 Å². The first-order valence-corrected chi connectivity index (χ1v) is 13.5. The van der Waals surface area contributed by atoms with Crippen molar-refractivity contribution in [2.75, 3.05) is 0 Å². The second-order valence-electron chi connectivity index (χ2n) is 8.59. The topological polar surface area (TPSA) is 110 Å². The Hall–Kier alpha value is -3.88. The molecule has 3 aromatic rings. The van der Waals surface area contributed by atoms with Crippen LogP contribution in [0.4, 0.5) is 4.79 Å². The van der Waals surface area contributed by atoms with Gasteiger partial charge in [-0.25, -0.2) is 0 Å². The van der Waals surface area contributed by atoms with E-state index in [9.17, 15) is 19.2 Å². The monoisotopic (exact) mass is 565 g/mol. The average molecular weight is 566 g/mol. The predicted octanol–water partition coefficient (Wildman–Crippen LogP) is 6.69. The van der Waals surface area contributed by atoms with Crippen LogP contribution in [0.5, 0.6) is 5.75 Å². The average Bonchev–Trinajstić information content (AvgIpc) is 3.23. The number of aryl methyl sites for hydroxylation is 2. The fourth-order valence-electron chi connectivity index (χ4n) is 3.61. The van der Waals surface area contributed by atoms with Crippen LogP contribution >= 0.6 is 23.4 Å². The molecule has 1 aliphatic heterocycles. The molecule has 39 heavy (non-hydrogen) atoms. The fraction of sp³-hybridized carbons (Fsp3) is 0.200. The van der Waals surface area contributed by atoms with Crippen LogP contribution in [0.15, 0.2) is 83.8 Å². The Balaban J connectivity index is 0.000000293. The maximum absolute atomic E-state index is 12.0. The van der Waals surface area contributed by atoms with Crippen LogP contribution in [0.1, 0.15) is 42.4 Å². The van der Waals surface area contributed by atoms with E-state index in [1.807, 2.05) is 60.7 Å².